The predicted molar refractivity (Wildman–Crippen MR) is 78.1 cm³/mol. The zero-order valence-electron chi connectivity index (χ0n) is 12.3. The summed E-state index contributed by atoms with van der Waals surface area (Å²) in [7, 11) is 0. The van der Waals surface area contributed by atoms with E-state index < -0.39 is 0 Å². The van der Waals surface area contributed by atoms with Gasteiger partial charge in [0.25, 0.3) is 5.91 Å². The lowest BCUT2D eigenvalue weighted by Gasteiger charge is -2.40. The fourth-order valence-electron chi connectivity index (χ4n) is 2.27. The molecule has 2 rings (SSSR count). The van der Waals surface area contributed by atoms with Crippen LogP contribution in [-0.4, -0.2) is 58.8 Å². The molecule has 7 heteroatoms. The number of amides is 1. The zero-order chi connectivity index (χ0) is 14.6. The maximum atomic E-state index is 12.2. The van der Waals surface area contributed by atoms with Crippen LogP contribution in [0.15, 0.2) is 0 Å². The summed E-state index contributed by atoms with van der Waals surface area (Å²) >= 11 is 1.16. The normalized spacial score (nSPS) is 17.1. The Hall–Kier alpha value is -1.05. The highest BCUT2D eigenvalue weighted by molar-refractivity contribution is 7.08. The van der Waals surface area contributed by atoms with E-state index in [4.69, 9.17) is 4.74 Å². The van der Waals surface area contributed by atoms with Gasteiger partial charge in [0.2, 0.25) is 0 Å². The Morgan fingerprint density at radius 2 is 2.15 bits per heavy atom. The molecule has 0 aliphatic carbocycles. The van der Waals surface area contributed by atoms with Crippen molar-refractivity contribution in [1.82, 2.24) is 19.8 Å². The molecular weight excluding hydrogens is 276 g/mol. The Morgan fingerprint density at radius 1 is 1.45 bits per heavy atom. The van der Waals surface area contributed by atoms with Gasteiger partial charge in [-0.3, -0.25) is 9.69 Å². The second-order valence-corrected chi connectivity index (χ2v) is 6.25. The molecule has 1 aliphatic rings. The standard InChI is InChI=1S/C13H22N4O2S/c1-4-10-11(20-16-15-10)12(18)14-9-13(2,3)17-5-7-19-8-6-17/h4-9H2,1-3H3,(H,14,18). The molecule has 1 aliphatic heterocycles. The van der Waals surface area contributed by atoms with Crippen LogP contribution in [0.4, 0.5) is 0 Å². The smallest absolute Gasteiger partial charge is 0.265 e. The van der Waals surface area contributed by atoms with Gasteiger partial charge in [-0.2, -0.15) is 0 Å². The molecule has 1 aromatic rings. The van der Waals surface area contributed by atoms with E-state index in [-0.39, 0.29) is 11.4 Å². The van der Waals surface area contributed by atoms with Crippen molar-refractivity contribution in [2.45, 2.75) is 32.7 Å². The number of carbonyl (C=O) groups excluding carboxylic acids is 1. The van der Waals surface area contributed by atoms with Crippen LogP contribution in [-0.2, 0) is 11.2 Å². The topological polar surface area (TPSA) is 67.4 Å². The summed E-state index contributed by atoms with van der Waals surface area (Å²) in [5.74, 6) is -0.0711. The maximum Gasteiger partial charge on any atom is 0.265 e. The number of aromatic nitrogens is 2. The highest BCUT2D eigenvalue weighted by Gasteiger charge is 2.29. The van der Waals surface area contributed by atoms with Gasteiger partial charge in [-0.1, -0.05) is 11.4 Å². The molecule has 20 heavy (non-hydrogen) atoms. The summed E-state index contributed by atoms with van der Waals surface area (Å²) in [4.78, 5) is 15.2. The van der Waals surface area contributed by atoms with Crippen molar-refractivity contribution in [1.29, 1.82) is 0 Å². The largest absolute Gasteiger partial charge is 0.379 e. The third-order valence-electron chi connectivity index (χ3n) is 3.65. The van der Waals surface area contributed by atoms with Crippen molar-refractivity contribution in [3.8, 4) is 0 Å². The fraction of sp³-hybridized carbons (Fsp3) is 0.769. The van der Waals surface area contributed by atoms with Crippen molar-refractivity contribution in [2.24, 2.45) is 0 Å². The Bertz CT molecular complexity index is 455. The summed E-state index contributed by atoms with van der Waals surface area (Å²) in [6.45, 7) is 10.2. The SMILES string of the molecule is CCc1nnsc1C(=O)NCC(C)(C)N1CCOCC1. The number of ether oxygens (including phenoxy) is 1. The van der Waals surface area contributed by atoms with Crippen LogP contribution in [0.25, 0.3) is 0 Å². The van der Waals surface area contributed by atoms with Crippen molar-refractivity contribution in [3.05, 3.63) is 10.6 Å². The van der Waals surface area contributed by atoms with E-state index in [2.05, 4.69) is 33.7 Å². The van der Waals surface area contributed by atoms with E-state index in [1.54, 1.807) is 0 Å². The number of rotatable bonds is 5. The molecule has 1 fully saturated rings. The Labute approximate surface area is 123 Å². The van der Waals surface area contributed by atoms with E-state index in [0.717, 1.165) is 50.0 Å². The molecule has 0 aromatic carbocycles. The van der Waals surface area contributed by atoms with Gasteiger partial charge in [-0.15, -0.1) is 5.10 Å². The Balaban J connectivity index is 1.92. The number of carbonyl (C=O) groups is 1. The van der Waals surface area contributed by atoms with E-state index in [0.29, 0.717) is 11.4 Å². The summed E-state index contributed by atoms with van der Waals surface area (Å²) in [5, 5.41) is 6.98. The highest BCUT2D eigenvalue weighted by atomic mass is 32.1. The van der Waals surface area contributed by atoms with Crippen LogP contribution in [0.3, 0.4) is 0 Å². The van der Waals surface area contributed by atoms with Gasteiger partial charge in [0.15, 0.2) is 0 Å². The molecule has 2 heterocycles. The monoisotopic (exact) mass is 298 g/mol. The highest BCUT2D eigenvalue weighted by Crippen LogP contribution is 2.16. The maximum absolute atomic E-state index is 12.2. The summed E-state index contributed by atoms with van der Waals surface area (Å²) in [6.07, 6.45) is 0.728. The molecule has 0 saturated carbocycles. The first-order valence-corrected chi connectivity index (χ1v) is 7.74. The van der Waals surface area contributed by atoms with Crippen LogP contribution >= 0.6 is 11.5 Å². The zero-order valence-corrected chi connectivity index (χ0v) is 13.1. The summed E-state index contributed by atoms with van der Waals surface area (Å²) in [6, 6.07) is 0. The first-order chi connectivity index (χ1) is 9.54. The molecule has 0 unspecified atom stereocenters. The molecule has 112 valence electrons. The van der Waals surface area contributed by atoms with Crippen LogP contribution < -0.4 is 5.32 Å². The summed E-state index contributed by atoms with van der Waals surface area (Å²) < 4.78 is 9.22. The van der Waals surface area contributed by atoms with Gasteiger partial charge in [-0.25, -0.2) is 0 Å². The predicted octanol–water partition coefficient (Wildman–Crippen LogP) is 0.941. The lowest BCUT2D eigenvalue weighted by atomic mass is 10.0. The van der Waals surface area contributed by atoms with Gasteiger partial charge in [0.05, 0.1) is 18.9 Å². The molecule has 6 nitrogen and oxygen atoms in total. The number of nitrogens with zero attached hydrogens (tertiary/aromatic N) is 3. The first kappa shape index (κ1) is 15.3. The molecule has 1 N–H and O–H groups in total. The van der Waals surface area contributed by atoms with E-state index in [1.165, 1.54) is 0 Å². The lowest BCUT2D eigenvalue weighted by molar-refractivity contribution is -0.00922. The number of hydrogen-bond acceptors (Lipinski definition) is 6. The minimum absolute atomic E-state index is 0.0711. The van der Waals surface area contributed by atoms with Gasteiger partial charge in [0, 0.05) is 25.2 Å². The van der Waals surface area contributed by atoms with Crippen LogP contribution in [0.2, 0.25) is 0 Å². The molecular formula is C13H22N4O2S. The third-order valence-corrected chi connectivity index (χ3v) is 4.41. The van der Waals surface area contributed by atoms with Crippen molar-refractivity contribution in [2.75, 3.05) is 32.8 Å². The molecule has 1 amide bonds. The van der Waals surface area contributed by atoms with Crippen molar-refractivity contribution >= 4 is 17.4 Å². The molecule has 1 aromatic heterocycles. The lowest BCUT2D eigenvalue weighted by Crippen LogP contribution is -2.55. The molecule has 0 bridgehead atoms. The second kappa shape index (κ2) is 6.60. The summed E-state index contributed by atoms with van der Waals surface area (Å²) in [5.41, 5.74) is 0.695. The number of aryl methyl sites for hydroxylation is 1. The van der Waals surface area contributed by atoms with Crippen molar-refractivity contribution in [3.63, 3.8) is 0 Å². The van der Waals surface area contributed by atoms with E-state index >= 15 is 0 Å². The van der Waals surface area contributed by atoms with Crippen LogP contribution in [0.1, 0.15) is 36.1 Å². The Kier molecular flexibility index (Phi) is 5.06. The van der Waals surface area contributed by atoms with Crippen LogP contribution in [0, 0.1) is 0 Å². The molecule has 0 spiro atoms. The third kappa shape index (κ3) is 3.53. The number of hydrogen-bond donors (Lipinski definition) is 1. The minimum Gasteiger partial charge on any atom is -0.379 e. The number of morpholine rings is 1. The van der Waals surface area contributed by atoms with Gasteiger partial charge in [-0.05, 0) is 31.8 Å². The van der Waals surface area contributed by atoms with Gasteiger partial charge in [0.1, 0.15) is 4.88 Å². The quantitative estimate of drug-likeness (QED) is 0.876. The van der Waals surface area contributed by atoms with Gasteiger partial charge >= 0.3 is 0 Å². The van der Waals surface area contributed by atoms with E-state index in [1.807, 2.05) is 6.92 Å². The van der Waals surface area contributed by atoms with Gasteiger partial charge < -0.3 is 10.1 Å². The molecule has 0 radical (unpaired) electrons. The average Bonchev–Trinajstić information content (AvgIpc) is 2.94. The molecule has 1 saturated heterocycles. The fourth-order valence-corrected chi connectivity index (χ4v) is 2.94. The Morgan fingerprint density at radius 3 is 2.80 bits per heavy atom. The average molecular weight is 298 g/mol. The number of nitrogens with one attached hydrogen (secondary N) is 1. The second-order valence-electron chi connectivity index (χ2n) is 5.50. The van der Waals surface area contributed by atoms with Crippen molar-refractivity contribution < 1.29 is 9.53 Å². The minimum atomic E-state index is -0.0794. The first-order valence-electron chi connectivity index (χ1n) is 6.97. The van der Waals surface area contributed by atoms with E-state index in [9.17, 15) is 4.79 Å². The van der Waals surface area contributed by atoms with Crippen LogP contribution in [0.5, 0.6) is 0 Å². The molecule has 0 atom stereocenters.